The van der Waals surface area contributed by atoms with Crippen LogP contribution in [0.5, 0.6) is 11.5 Å². The van der Waals surface area contributed by atoms with Gasteiger partial charge in [-0.1, -0.05) is 52.8 Å². The number of aryl methyl sites for hydroxylation is 2. The minimum absolute atomic E-state index is 0.0461. The monoisotopic (exact) mass is 661 g/mol. The first kappa shape index (κ1) is 32.3. The molecule has 0 radical (unpaired) electrons. The molecule has 50 heavy (non-hydrogen) atoms. The maximum Gasteiger partial charge on any atom is 0.217 e. The maximum atomic E-state index is 6.91. The Kier molecular flexibility index (Phi) is 7.14. The number of hydrogen-bond donors (Lipinski definition) is 0. The molecule has 2 aromatic heterocycles. The van der Waals surface area contributed by atoms with E-state index in [1.54, 1.807) is 0 Å². The molecule has 0 amide bonds. The molecule has 1 aliphatic heterocycles. The second-order valence-corrected chi connectivity index (χ2v) is 16.3. The number of nitrogens with zero attached hydrogens (tertiary/aromatic N) is 3. The van der Waals surface area contributed by atoms with Crippen molar-refractivity contribution in [2.24, 2.45) is 4.99 Å². The highest BCUT2D eigenvalue weighted by Crippen LogP contribution is 2.54. The summed E-state index contributed by atoms with van der Waals surface area (Å²) >= 11 is 0. The molecule has 0 fully saturated rings. The lowest BCUT2D eigenvalue weighted by molar-refractivity contribution is 0.0450. The third kappa shape index (κ3) is 4.96. The van der Waals surface area contributed by atoms with Crippen molar-refractivity contribution in [2.45, 2.75) is 98.1 Å². The quantitative estimate of drug-likeness (QED) is 0.185. The molecule has 0 unspecified atom stereocenters. The predicted molar refractivity (Wildman–Crippen MR) is 206 cm³/mol. The van der Waals surface area contributed by atoms with Gasteiger partial charge in [-0.3, -0.25) is 4.57 Å². The number of pyridine rings is 1. The first-order valence-corrected chi connectivity index (χ1v) is 17.9. The third-order valence-electron chi connectivity index (χ3n) is 11.3. The zero-order valence-electron chi connectivity index (χ0n) is 31.0. The summed E-state index contributed by atoms with van der Waals surface area (Å²) in [5.74, 6) is 2.52. The van der Waals surface area contributed by atoms with Crippen LogP contribution in [0.1, 0.15) is 98.9 Å². The van der Waals surface area contributed by atoms with Gasteiger partial charge in [0.1, 0.15) is 22.7 Å². The first-order valence-electron chi connectivity index (χ1n) is 17.9. The van der Waals surface area contributed by atoms with Crippen LogP contribution in [0, 0.1) is 20.8 Å². The largest absolute Gasteiger partial charge is 0.464 e. The molecular formula is C45H47N3O2. The molecule has 8 rings (SSSR count). The molecule has 2 atom stereocenters. The van der Waals surface area contributed by atoms with E-state index >= 15 is 0 Å². The van der Waals surface area contributed by atoms with Crippen LogP contribution in [0.3, 0.4) is 0 Å². The Bertz CT molecular complexity index is 2390. The molecule has 1 aliphatic carbocycles. The van der Waals surface area contributed by atoms with Gasteiger partial charge in [-0.15, -0.1) is 0 Å². The molecule has 0 N–H and O–H groups in total. The van der Waals surface area contributed by atoms with Crippen LogP contribution in [-0.2, 0) is 22.2 Å². The van der Waals surface area contributed by atoms with Crippen molar-refractivity contribution >= 4 is 27.8 Å². The second-order valence-electron chi connectivity index (χ2n) is 16.3. The minimum atomic E-state index is -0.527. The smallest absolute Gasteiger partial charge is 0.217 e. The molecule has 2 aliphatic rings. The van der Waals surface area contributed by atoms with Crippen LogP contribution >= 0.6 is 0 Å². The lowest BCUT2D eigenvalue weighted by Crippen LogP contribution is -2.40. The molecule has 0 bridgehead atoms. The summed E-state index contributed by atoms with van der Waals surface area (Å²) in [6.45, 7) is 22.2. The van der Waals surface area contributed by atoms with Crippen LogP contribution < -0.4 is 4.74 Å². The second kappa shape index (κ2) is 11.1. The molecule has 0 saturated heterocycles. The Hall–Kier alpha value is -4.90. The molecule has 6 aromatic rings. The summed E-state index contributed by atoms with van der Waals surface area (Å²) < 4.78 is 15.9. The van der Waals surface area contributed by atoms with E-state index in [2.05, 4.69) is 147 Å². The molecule has 5 heteroatoms. The highest BCUT2D eigenvalue weighted by Gasteiger charge is 2.59. The normalized spacial score (nSPS) is 19.9. The maximum absolute atomic E-state index is 6.91. The van der Waals surface area contributed by atoms with Crippen LogP contribution in [0.4, 0.5) is 0 Å². The van der Waals surface area contributed by atoms with E-state index in [1.807, 2.05) is 12.3 Å². The number of hydrogen-bond acceptors (Lipinski definition) is 4. The Balaban J connectivity index is 1.19. The number of ether oxygens (including phenoxy) is 2. The van der Waals surface area contributed by atoms with Gasteiger partial charge < -0.3 is 9.47 Å². The topological polar surface area (TPSA) is 48.6 Å². The van der Waals surface area contributed by atoms with Gasteiger partial charge in [-0.25, -0.2) is 9.98 Å². The average Bonchev–Trinajstić information content (AvgIpc) is 3.61. The summed E-state index contributed by atoms with van der Waals surface area (Å²) in [5, 5.41) is 2.35. The van der Waals surface area contributed by atoms with E-state index in [1.165, 1.54) is 38.8 Å². The van der Waals surface area contributed by atoms with E-state index < -0.39 is 5.60 Å². The van der Waals surface area contributed by atoms with E-state index in [4.69, 9.17) is 19.5 Å². The fourth-order valence-corrected chi connectivity index (χ4v) is 7.99. The zero-order valence-corrected chi connectivity index (χ0v) is 31.0. The highest BCUT2D eigenvalue weighted by atomic mass is 16.5. The lowest BCUT2D eigenvalue weighted by atomic mass is 9.84. The fourth-order valence-electron chi connectivity index (χ4n) is 7.99. The fraction of sp³-hybridized carbons (Fsp3) is 0.333. The van der Waals surface area contributed by atoms with Gasteiger partial charge in [0.05, 0.1) is 11.2 Å². The van der Waals surface area contributed by atoms with Crippen molar-refractivity contribution in [3.8, 4) is 17.2 Å². The van der Waals surface area contributed by atoms with Crippen molar-refractivity contribution in [3.63, 3.8) is 0 Å². The summed E-state index contributed by atoms with van der Waals surface area (Å²) in [6, 6.07) is 28.3. The third-order valence-corrected chi connectivity index (χ3v) is 11.3. The van der Waals surface area contributed by atoms with Crippen molar-refractivity contribution < 1.29 is 9.47 Å². The molecule has 3 heterocycles. The van der Waals surface area contributed by atoms with E-state index in [9.17, 15) is 0 Å². The van der Waals surface area contributed by atoms with Crippen LogP contribution in [0.15, 0.2) is 90.1 Å². The SMILES string of the molecule is Cc1cc(Oc2cc(C3=N[C@]4(C)Cc5c(ccc(C)c5C)[C@]4(C)O3)cc(C(C)C)c2)cc(-n2c3ccc(C(C)(C)C)cc3c3cccnc32)c1. The van der Waals surface area contributed by atoms with E-state index in [-0.39, 0.29) is 11.0 Å². The predicted octanol–water partition coefficient (Wildman–Crippen LogP) is 11.3. The number of aliphatic imine (C=N–C) groups is 1. The highest BCUT2D eigenvalue weighted by molar-refractivity contribution is 6.08. The molecule has 0 spiro atoms. The number of benzene rings is 4. The Morgan fingerprint density at radius 3 is 2.40 bits per heavy atom. The Labute approximate surface area is 296 Å². The first-order chi connectivity index (χ1) is 23.6. The molecular weight excluding hydrogens is 615 g/mol. The van der Waals surface area contributed by atoms with Gasteiger partial charge in [-0.05, 0) is 134 Å². The van der Waals surface area contributed by atoms with E-state index in [0.29, 0.717) is 11.8 Å². The molecule has 4 aromatic carbocycles. The summed E-state index contributed by atoms with van der Waals surface area (Å²) in [5.41, 5.74) is 12.0. The number of aromatic nitrogens is 2. The summed E-state index contributed by atoms with van der Waals surface area (Å²) in [4.78, 5) is 10.2. The van der Waals surface area contributed by atoms with Gasteiger partial charge in [0.15, 0.2) is 5.60 Å². The zero-order chi connectivity index (χ0) is 35.3. The summed E-state index contributed by atoms with van der Waals surface area (Å²) in [6.07, 6.45) is 2.74. The van der Waals surface area contributed by atoms with Crippen LogP contribution in [0.25, 0.3) is 27.6 Å². The Morgan fingerprint density at radius 2 is 1.64 bits per heavy atom. The number of fused-ring (bicyclic) bond motifs is 6. The van der Waals surface area contributed by atoms with E-state index in [0.717, 1.165) is 51.3 Å². The standard InChI is InChI=1S/C45H47N3O2/c1-26(2)30-20-31(42-47-44(9)25-38-29(5)28(4)13-15-39(38)45(44,10)50-42)22-35(21-30)49-34-19-27(3)18-33(24-34)48-40-16-14-32(43(6,7)8)23-37(40)36-12-11-17-46-41(36)48/h11-24,26H,25H2,1-10H3/t44-,45+/m1/s1. The van der Waals surface area contributed by atoms with Gasteiger partial charge in [-0.2, -0.15) is 0 Å². The van der Waals surface area contributed by atoms with Crippen molar-refractivity contribution in [2.75, 3.05) is 0 Å². The molecule has 5 nitrogen and oxygen atoms in total. The van der Waals surface area contributed by atoms with Crippen molar-refractivity contribution in [1.82, 2.24) is 9.55 Å². The van der Waals surface area contributed by atoms with Crippen molar-refractivity contribution in [3.05, 3.63) is 130 Å². The minimum Gasteiger partial charge on any atom is -0.464 e. The van der Waals surface area contributed by atoms with Crippen molar-refractivity contribution in [1.29, 1.82) is 0 Å². The molecule has 0 saturated carbocycles. The lowest BCUT2D eigenvalue weighted by Gasteiger charge is -2.31. The Morgan fingerprint density at radius 1 is 0.860 bits per heavy atom. The van der Waals surface area contributed by atoms with Gasteiger partial charge in [0.2, 0.25) is 5.90 Å². The van der Waals surface area contributed by atoms with Gasteiger partial charge in [0, 0.05) is 40.6 Å². The van der Waals surface area contributed by atoms with Crippen LogP contribution in [-0.4, -0.2) is 21.0 Å². The van der Waals surface area contributed by atoms with Crippen LogP contribution in [0.2, 0.25) is 0 Å². The molecule has 254 valence electrons. The summed E-state index contributed by atoms with van der Waals surface area (Å²) in [7, 11) is 0. The number of rotatable bonds is 5. The van der Waals surface area contributed by atoms with Gasteiger partial charge in [0.25, 0.3) is 0 Å². The average molecular weight is 662 g/mol. The van der Waals surface area contributed by atoms with Gasteiger partial charge >= 0.3 is 0 Å².